The van der Waals surface area contributed by atoms with Gasteiger partial charge >= 0.3 is 0 Å². The maximum atomic E-state index is 8.78. The smallest absolute Gasteiger partial charge is 0.127 e. The number of ether oxygens (including phenoxy) is 1. The Bertz CT molecular complexity index is 689. The van der Waals surface area contributed by atoms with Crippen LogP contribution in [-0.4, -0.2) is 6.61 Å². The molecule has 0 radical (unpaired) electrons. The number of benzene rings is 2. The van der Waals surface area contributed by atoms with E-state index in [0.717, 1.165) is 41.5 Å². The Morgan fingerprint density at radius 3 is 2.76 bits per heavy atom. The SMILES string of the molecule is N#Cc1ccc(CNCc2cc(Cl)cc3c2OCC3)cc1. The van der Waals surface area contributed by atoms with Gasteiger partial charge in [-0.25, -0.2) is 0 Å². The lowest BCUT2D eigenvalue weighted by Gasteiger charge is -2.10. The van der Waals surface area contributed by atoms with Crippen molar-refractivity contribution in [2.45, 2.75) is 19.5 Å². The zero-order valence-corrected chi connectivity index (χ0v) is 12.3. The zero-order chi connectivity index (χ0) is 14.7. The monoisotopic (exact) mass is 298 g/mol. The number of nitrogens with one attached hydrogen (secondary N) is 1. The molecule has 3 nitrogen and oxygen atoms in total. The molecular formula is C17H15ClN2O. The molecule has 0 unspecified atom stereocenters. The molecule has 0 aliphatic carbocycles. The summed E-state index contributed by atoms with van der Waals surface area (Å²) in [6.45, 7) is 2.19. The van der Waals surface area contributed by atoms with Crippen molar-refractivity contribution < 1.29 is 4.74 Å². The van der Waals surface area contributed by atoms with E-state index in [1.807, 2.05) is 36.4 Å². The second-order valence-corrected chi connectivity index (χ2v) is 5.50. The lowest BCUT2D eigenvalue weighted by atomic mass is 10.1. The van der Waals surface area contributed by atoms with Crippen LogP contribution in [0.3, 0.4) is 0 Å². The number of hydrogen-bond donors (Lipinski definition) is 1. The molecule has 1 N–H and O–H groups in total. The lowest BCUT2D eigenvalue weighted by Crippen LogP contribution is -2.13. The highest BCUT2D eigenvalue weighted by Gasteiger charge is 2.17. The Kier molecular flexibility index (Phi) is 4.10. The van der Waals surface area contributed by atoms with Crippen molar-refractivity contribution in [2.24, 2.45) is 0 Å². The van der Waals surface area contributed by atoms with E-state index in [1.165, 1.54) is 5.56 Å². The number of halogens is 1. The van der Waals surface area contributed by atoms with Crippen molar-refractivity contribution in [1.82, 2.24) is 5.32 Å². The lowest BCUT2D eigenvalue weighted by molar-refractivity contribution is 0.352. The van der Waals surface area contributed by atoms with Crippen LogP contribution in [0.15, 0.2) is 36.4 Å². The van der Waals surface area contributed by atoms with Crippen molar-refractivity contribution in [3.05, 3.63) is 63.7 Å². The third-order valence-corrected chi connectivity index (χ3v) is 3.77. The topological polar surface area (TPSA) is 45.0 Å². The van der Waals surface area contributed by atoms with Crippen LogP contribution in [0.25, 0.3) is 0 Å². The van der Waals surface area contributed by atoms with Crippen LogP contribution in [0.5, 0.6) is 5.75 Å². The molecule has 0 saturated carbocycles. The molecule has 1 aliphatic heterocycles. The minimum absolute atomic E-state index is 0.680. The van der Waals surface area contributed by atoms with E-state index >= 15 is 0 Å². The quantitative estimate of drug-likeness (QED) is 0.940. The van der Waals surface area contributed by atoms with Crippen LogP contribution in [0.4, 0.5) is 0 Å². The molecule has 1 aliphatic rings. The highest BCUT2D eigenvalue weighted by Crippen LogP contribution is 2.32. The Labute approximate surface area is 129 Å². The largest absolute Gasteiger partial charge is 0.493 e. The maximum Gasteiger partial charge on any atom is 0.127 e. The molecule has 2 aromatic carbocycles. The molecule has 0 spiro atoms. The normalized spacial score (nSPS) is 12.6. The van der Waals surface area contributed by atoms with Gasteiger partial charge in [0.15, 0.2) is 0 Å². The zero-order valence-electron chi connectivity index (χ0n) is 11.5. The van der Waals surface area contributed by atoms with Crippen molar-refractivity contribution in [3.63, 3.8) is 0 Å². The fourth-order valence-electron chi connectivity index (χ4n) is 2.52. The van der Waals surface area contributed by atoms with E-state index in [1.54, 1.807) is 0 Å². The highest BCUT2D eigenvalue weighted by atomic mass is 35.5. The van der Waals surface area contributed by atoms with Crippen molar-refractivity contribution in [3.8, 4) is 11.8 Å². The average molecular weight is 299 g/mol. The molecule has 3 rings (SSSR count). The minimum Gasteiger partial charge on any atom is -0.493 e. The summed E-state index contributed by atoms with van der Waals surface area (Å²) in [7, 11) is 0. The molecule has 0 atom stereocenters. The molecule has 0 saturated heterocycles. The van der Waals surface area contributed by atoms with Gasteiger partial charge in [-0.05, 0) is 35.4 Å². The van der Waals surface area contributed by atoms with Crippen LogP contribution in [0.2, 0.25) is 5.02 Å². The summed E-state index contributed by atoms with van der Waals surface area (Å²) < 4.78 is 5.68. The number of nitriles is 1. The van der Waals surface area contributed by atoms with Crippen molar-refractivity contribution in [2.75, 3.05) is 6.61 Å². The van der Waals surface area contributed by atoms with Gasteiger partial charge in [0, 0.05) is 30.1 Å². The number of rotatable bonds is 4. The van der Waals surface area contributed by atoms with E-state index in [2.05, 4.69) is 11.4 Å². The Morgan fingerprint density at radius 1 is 1.19 bits per heavy atom. The van der Waals surface area contributed by atoms with Crippen molar-refractivity contribution in [1.29, 1.82) is 5.26 Å². The summed E-state index contributed by atoms with van der Waals surface area (Å²) in [5, 5.41) is 12.9. The molecule has 4 heteroatoms. The average Bonchev–Trinajstić information content (AvgIpc) is 2.96. The predicted octanol–water partition coefficient (Wildman–Crippen LogP) is 3.44. The van der Waals surface area contributed by atoms with Crippen molar-refractivity contribution >= 4 is 11.6 Å². The van der Waals surface area contributed by atoms with Gasteiger partial charge in [0.1, 0.15) is 5.75 Å². The van der Waals surface area contributed by atoms with Crippen LogP contribution >= 0.6 is 11.6 Å². The van der Waals surface area contributed by atoms with Gasteiger partial charge in [-0.3, -0.25) is 0 Å². The van der Waals surface area contributed by atoms with Crippen LogP contribution < -0.4 is 10.1 Å². The third-order valence-electron chi connectivity index (χ3n) is 3.55. The molecule has 106 valence electrons. The first-order valence-corrected chi connectivity index (χ1v) is 7.28. The van der Waals surface area contributed by atoms with Gasteiger partial charge in [-0.15, -0.1) is 0 Å². The summed E-state index contributed by atoms with van der Waals surface area (Å²) in [4.78, 5) is 0. The van der Waals surface area contributed by atoms with Gasteiger partial charge in [0.2, 0.25) is 0 Å². The van der Waals surface area contributed by atoms with Gasteiger partial charge < -0.3 is 10.1 Å². The van der Waals surface area contributed by atoms with Gasteiger partial charge in [-0.1, -0.05) is 23.7 Å². The fourth-order valence-corrected chi connectivity index (χ4v) is 2.78. The molecule has 0 amide bonds. The standard InChI is InChI=1S/C17H15ClN2O/c18-16-7-14-5-6-21-17(14)15(8-16)11-20-10-13-3-1-12(9-19)2-4-13/h1-4,7-8,20H,5-6,10-11H2. The highest BCUT2D eigenvalue weighted by molar-refractivity contribution is 6.30. The van der Waals surface area contributed by atoms with E-state index < -0.39 is 0 Å². The van der Waals surface area contributed by atoms with Crippen LogP contribution in [0, 0.1) is 11.3 Å². The first-order chi connectivity index (χ1) is 10.3. The van der Waals surface area contributed by atoms with E-state index in [4.69, 9.17) is 21.6 Å². The molecule has 0 aromatic heterocycles. The number of nitrogens with zero attached hydrogens (tertiary/aromatic N) is 1. The Balaban J connectivity index is 1.64. The van der Waals surface area contributed by atoms with Gasteiger partial charge in [-0.2, -0.15) is 5.26 Å². The summed E-state index contributed by atoms with van der Waals surface area (Å²) >= 11 is 6.14. The summed E-state index contributed by atoms with van der Waals surface area (Å²) in [5.41, 5.74) is 4.12. The summed E-state index contributed by atoms with van der Waals surface area (Å²) in [5.74, 6) is 0.978. The van der Waals surface area contributed by atoms with Crippen LogP contribution in [0.1, 0.15) is 22.3 Å². The molecule has 21 heavy (non-hydrogen) atoms. The first kappa shape index (κ1) is 13.9. The maximum absolute atomic E-state index is 8.78. The van der Waals surface area contributed by atoms with Gasteiger partial charge in [0.25, 0.3) is 0 Å². The first-order valence-electron chi connectivity index (χ1n) is 6.90. The molecule has 0 fully saturated rings. The second-order valence-electron chi connectivity index (χ2n) is 5.06. The Morgan fingerprint density at radius 2 is 2.00 bits per heavy atom. The molecular weight excluding hydrogens is 284 g/mol. The fraction of sp³-hybridized carbons (Fsp3) is 0.235. The summed E-state index contributed by atoms with van der Waals surface area (Å²) in [6, 6.07) is 13.6. The van der Waals surface area contributed by atoms with Crippen LogP contribution in [-0.2, 0) is 19.5 Å². The van der Waals surface area contributed by atoms with E-state index in [-0.39, 0.29) is 0 Å². The Hall–Kier alpha value is -2.02. The molecule has 1 heterocycles. The number of fused-ring (bicyclic) bond motifs is 1. The molecule has 0 bridgehead atoms. The van der Waals surface area contributed by atoms with E-state index in [0.29, 0.717) is 12.1 Å². The van der Waals surface area contributed by atoms with Gasteiger partial charge in [0.05, 0.1) is 18.2 Å². The molecule has 2 aromatic rings. The number of hydrogen-bond acceptors (Lipinski definition) is 3. The minimum atomic E-state index is 0.680. The van der Waals surface area contributed by atoms with E-state index in [9.17, 15) is 0 Å². The second kappa shape index (κ2) is 6.17. The summed E-state index contributed by atoms with van der Waals surface area (Å²) in [6.07, 6.45) is 0.929. The third kappa shape index (κ3) is 3.18. The predicted molar refractivity (Wildman–Crippen MR) is 82.4 cm³/mol.